The number of fused-ring (bicyclic) bond motifs is 4. The van der Waals surface area contributed by atoms with Gasteiger partial charge < -0.3 is 14.7 Å². The van der Waals surface area contributed by atoms with Crippen LogP contribution in [0.15, 0.2) is 261 Å². The molecule has 1 heterocycles. The van der Waals surface area contributed by atoms with E-state index in [-0.39, 0.29) is 5.78 Å². The van der Waals surface area contributed by atoms with Crippen molar-refractivity contribution in [3.63, 3.8) is 0 Å². The number of anilines is 9. The normalized spacial score (nSPS) is 13.9. The lowest BCUT2D eigenvalue weighted by Gasteiger charge is -2.44. The van der Waals surface area contributed by atoms with Crippen LogP contribution < -0.4 is 14.7 Å². The van der Waals surface area contributed by atoms with Gasteiger partial charge in [0.2, 0.25) is 0 Å². The van der Waals surface area contributed by atoms with Gasteiger partial charge >= 0.3 is 0 Å². The van der Waals surface area contributed by atoms with Gasteiger partial charge in [0, 0.05) is 56.4 Å². The molecule has 2 aliphatic rings. The highest BCUT2D eigenvalue weighted by molar-refractivity contribution is 6.15. The Bertz CT molecular complexity index is 3230. The highest BCUT2D eigenvalue weighted by Gasteiger charge is 2.47. The molecule has 0 saturated carbocycles. The minimum Gasteiger partial charge on any atom is -0.310 e. The molecule has 12 rings (SSSR count). The van der Waals surface area contributed by atoms with Crippen LogP contribution in [0.25, 0.3) is 0 Å². The molecule has 0 amide bonds. The molecule has 0 bridgehead atoms. The number of rotatable bonds is 9. The zero-order chi connectivity index (χ0) is 46.5. The van der Waals surface area contributed by atoms with Gasteiger partial charge in [-0.15, -0.1) is 0 Å². The maximum atomic E-state index is 15.2. The van der Waals surface area contributed by atoms with Gasteiger partial charge in [-0.3, -0.25) is 4.79 Å². The van der Waals surface area contributed by atoms with Crippen LogP contribution in [0.5, 0.6) is 0 Å². The van der Waals surface area contributed by atoms with E-state index in [9.17, 15) is 0 Å². The first-order valence-electron chi connectivity index (χ1n) is 23.7. The SMILES string of the molecule is CC1(C)c2cc(N(c3ccccc3)c3ccccc3)ccc2N(c2ccc3c(c2)C(=O)c2ccccc2C3(c2ccccc2)c2ccccc2)c2ccc(N(c3ccccc3)c3ccccc3)cc21. The molecule has 1 aliphatic carbocycles. The average Bonchev–Trinajstić information content (AvgIpc) is 3.41. The Hall–Kier alpha value is -8.73. The van der Waals surface area contributed by atoms with Crippen LogP contribution in [0.4, 0.5) is 51.2 Å². The summed E-state index contributed by atoms with van der Waals surface area (Å²) in [5.41, 5.74) is 16.2. The summed E-state index contributed by atoms with van der Waals surface area (Å²) >= 11 is 0. The fourth-order valence-corrected chi connectivity index (χ4v) is 11.1. The number of carbonyl (C=O) groups excluding carboxylic acids is 1. The Balaban J connectivity index is 1.11. The number of ketones is 1. The van der Waals surface area contributed by atoms with Gasteiger partial charge in [0.15, 0.2) is 5.78 Å². The number of nitrogens with zero attached hydrogens (tertiary/aromatic N) is 3. The van der Waals surface area contributed by atoms with E-state index in [4.69, 9.17) is 0 Å². The lowest BCUT2D eigenvalue weighted by Crippen LogP contribution is -2.38. The summed E-state index contributed by atoms with van der Waals surface area (Å²) in [6.07, 6.45) is 0. The van der Waals surface area contributed by atoms with Crippen molar-refractivity contribution in [2.45, 2.75) is 24.7 Å². The number of carbonyl (C=O) groups is 1. The van der Waals surface area contributed by atoms with E-state index in [2.05, 4.69) is 277 Å². The molecule has 330 valence electrons. The Kier molecular flexibility index (Phi) is 10.2. The van der Waals surface area contributed by atoms with Gasteiger partial charge in [-0.2, -0.15) is 0 Å². The van der Waals surface area contributed by atoms with Crippen molar-refractivity contribution >= 4 is 57.0 Å². The first-order valence-corrected chi connectivity index (χ1v) is 23.7. The summed E-state index contributed by atoms with van der Waals surface area (Å²) in [5, 5.41) is 0. The standard InChI is InChI=1S/C65H49N3O/c1-64(2)59-44-53(66(48-27-13-5-14-28-48)49-29-15-6-16-30-49)38-41-61(59)68(62-42-39-54(45-60(62)64)67(50-31-17-7-18-32-50)51-33-19-8-20-34-51)52-37-40-58-56(43-52)63(69)55-35-21-22-36-57(55)65(58,46-23-9-3-10-24-46)47-25-11-4-12-26-47/h3-45H,1-2H3. The molecule has 4 nitrogen and oxygen atoms in total. The molecule has 4 heteroatoms. The Morgan fingerprint density at radius 3 is 1.14 bits per heavy atom. The number of hydrogen-bond acceptors (Lipinski definition) is 4. The molecule has 10 aromatic rings. The van der Waals surface area contributed by atoms with Crippen LogP contribution in [0.1, 0.15) is 63.1 Å². The summed E-state index contributed by atoms with van der Waals surface area (Å²) < 4.78 is 0. The molecule has 10 aromatic carbocycles. The molecule has 69 heavy (non-hydrogen) atoms. The topological polar surface area (TPSA) is 26.8 Å². The van der Waals surface area contributed by atoms with Gasteiger partial charge in [-0.25, -0.2) is 0 Å². The van der Waals surface area contributed by atoms with Crippen LogP contribution in [0.3, 0.4) is 0 Å². The van der Waals surface area contributed by atoms with Crippen molar-refractivity contribution in [1.29, 1.82) is 0 Å². The van der Waals surface area contributed by atoms with E-state index in [1.165, 1.54) is 11.1 Å². The first kappa shape index (κ1) is 41.7. The van der Waals surface area contributed by atoms with Gasteiger partial charge in [0.1, 0.15) is 0 Å². The van der Waals surface area contributed by atoms with Gasteiger partial charge in [0.05, 0.1) is 16.8 Å². The maximum absolute atomic E-state index is 15.2. The molecule has 0 aromatic heterocycles. The van der Waals surface area contributed by atoms with Gasteiger partial charge in [-0.1, -0.05) is 178 Å². The second kappa shape index (κ2) is 16.9. The molecule has 0 radical (unpaired) electrons. The van der Waals surface area contributed by atoms with Crippen LogP contribution in [-0.2, 0) is 10.8 Å². The Morgan fingerprint density at radius 2 is 0.710 bits per heavy atom. The number of para-hydroxylation sites is 4. The second-order valence-electron chi connectivity index (χ2n) is 18.5. The number of benzene rings is 10. The summed E-state index contributed by atoms with van der Waals surface area (Å²) in [6.45, 7) is 4.70. The average molecular weight is 888 g/mol. The van der Waals surface area contributed by atoms with Crippen LogP contribution in [-0.4, -0.2) is 5.78 Å². The van der Waals surface area contributed by atoms with E-state index < -0.39 is 10.8 Å². The second-order valence-corrected chi connectivity index (χ2v) is 18.5. The van der Waals surface area contributed by atoms with Gasteiger partial charge in [-0.05, 0) is 130 Å². The third-order valence-corrected chi connectivity index (χ3v) is 14.3. The molecular formula is C65H49N3O. The molecule has 0 spiro atoms. The zero-order valence-corrected chi connectivity index (χ0v) is 38.6. The van der Waals surface area contributed by atoms with E-state index in [0.717, 1.165) is 73.4 Å². The highest BCUT2D eigenvalue weighted by Crippen LogP contribution is 2.57. The monoisotopic (exact) mass is 887 g/mol. The predicted molar refractivity (Wildman–Crippen MR) is 284 cm³/mol. The minimum absolute atomic E-state index is 0.0242. The molecule has 0 N–H and O–H groups in total. The maximum Gasteiger partial charge on any atom is 0.193 e. The third-order valence-electron chi connectivity index (χ3n) is 14.3. The third kappa shape index (κ3) is 6.78. The molecule has 0 saturated heterocycles. The summed E-state index contributed by atoms with van der Waals surface area (Å²) in [5.74, 6) is 0.0242. The summed E-state index contributed by atoms with van der Waals surface area (Å²) in [7, 11) is 0. The van der Waals surface area contributed by atoms with Crippen molar-refractivity contribution in [3.05, 3.63) is 305 Å². The molecule has 0 unspecified atom stereocenters. The fourth-order valence-electron chi connectivity index (χ4n) is 11.1. The summed E-state index contributed by atoms with van der Waals surface area (Å²) in [6, 6.07) is 92.3. The van der Waals surface area contributed by atoms with Crippen molar-refractivity contribution in [2.75, 3.05) is 14.7 Å². The molecule has 0 fully saturated rings. The highest BCUT2D eigenvalue weighted by atomic mass is 16.1. The largest absolute Gasteiger partial charge is 0.310 e. The van der Waals surface area contributed by atoms with Crippen molar-refractivity contribution in [1.82, 2.24) is 0 Å². The van der Waals surface area contributed by atoms with E-state index in [1.807, 2.05) is 12.1 Å². The van der Waals surface area contributed by atoms with E-state index >= 15 is 4.79 Å². The lowest BCUT2D eigenvalue weighted by atomic mass is 9.59. The molecular weight excluding hydrogens is 839 g/mol. The van der Waals surface area contributed by atoms with E-state index in [1.54, 1.807) is 0 Å². The van der Waals surface area contributed by atoms with Crippen molar-refractivity contribution in [3.8, 4) is 0 Å². The summed E-state index contributed by atoms with van der Waals surface area (Å²) in [4.78, 5) is 22.3. The minimum atomic E-state index is -0.735. The van der Waals surface area contributed by atoms with Crippen molar-refractivity contribution < 1.29 is 4.79 Å². The smallest absolute Gasteiger partial charge is 0.193 e. The fraction of sp³-hybridized carbons (Fsp3) is 0.0615. The van der Waals surface area contributed by atoms with Crippen LogP contribution >= 0.6 is 0 Å². The molecule has 1 aliphatic heterocycles. The quantitative estimate of drug-likeness (QED) is 0.144. The van der Waals surface area contributed by atoms with Crippen LogP contribution in [0.2, 0.25) is 0 Å². The Morgan fingerprint density at radius 1 is 0.333 bits per heavy atom. The predicted octanol–water partition coefficient (Wildman–Crippen LogP) is 16.7. The number of hydrogen-bond donors (Lipinski definition) is 0. The van der Waals surface area contributed by atoms with Crippen LogP contribution in [0, 0.1) is 0 Å². The van der Waals surface area contributed by atoms with Crippen molar-refractivity contribution in [2.24, 2.45) is 0 Å². The van der Waals surface area contributed by atoms with Gasteiger partial charge in [0.25, 0.3) is 0 Å². The molecule has 0 atom stereocenters. The zero-order valence-electron chi connectivity index (χ0n) is 38.6. The Labute approximate surface area is 404 Å². The first-order chi connectivity index (χ1) is 33.9. The van der Waals surface area contributed by atoms with E-state index in [0.29, 0.717) is 11.1 Å². The lowest BCUT2D eigenvalue weighted by molar-refractivity contribution is 0.103.